The summed E-state index contributed by atoms with van der Waals surface area (Å²) in [6.07, 6.45) is -0.0624. The maximum atomic E-state index is 13.6. The van der Waals surface area contributed by atoms with E-state index in [2.05, 4.69) is 9.97 Å². The van der Waals surface area contributed by atoms with Gasteiger partial charge >= 0.3 is 6.09 Å². The Labute approximate surface area is 113 Å². The quantitative estimate of drug-likeness (QED) is 0.834. The van der Waals surface area contributed by atoms with Gasteiger partial charge in [0.05, 0.1) is 0 Å². The molecule has 0 radical (unpaired) electrons. The summed E-state index contributed by atoms with van der Waals surface area (Å²) in [4.78, 5) is 19.3. The molecule has 0 aliphatic carbocycles. The Morgan fingerprint density at radius 1 is 1.40 bits per heavy atom. The fraction of sp³-hybridized carbons (Fsp3) is 0.0833. The van der Waals surface area contributed by atoms with Gasteiger partial charge in [-0.05, 0) is 12.1 Å². The van der Waals surface area contributed by atoms with E-state index in [1.807, 2.05) is 0 Å². The predicted molar refractivity (Wildman–Crippen MR) is 69.3 cm³/mol. The molecule has 8 heteroatoms. The number of ether oxygens (including phenoxy) is 1. The van der Waals surface area contributed by atoms with E-state index in [1.54, 1.807) is 0 Å². The van der Waals surface area contributed by atoms with Crippen LogP contribution in [0.15, 0.2) is 30.6 Å². The van der Waals surface area contributed by atoms with Crippen molar-refractivity contribution in [2.45, 2.75) is 0 Å². The first-order valence-electron chi connectivity index (χ1n) is 5.49. The summed E-state index contributed by atoms with van der Waals surface area (Å²) in [5.41, 5.74) is 5.69. The van der Waals surface area contributed by atoms with E-state index >= 15 is 0 Å². The summed E-state index contributed by atoms with van der Waals surface area (Å²) < 4.78 is 18.8. The SMILES string of the molecule is CN(C(=O)O)c1cc(Oc2ccc(N)cc2F)ncn1. The fourth-order valence-corrected chi connectivity index (χ4v) is 1.38. The number of nitrogens with two attached hydrogens (primary N) is 1. The Morgan fingerprint density at radius 2 is 2.15 bits per heavy atom. The van der Waals surface area contributed by atoms with Crippen LogP contribution >= 0.6 is 0 Å². The van der Waals surface area contributed by atoms with Gasteiger partial charge in [-0.15, -0.1) is 0 Å². The number of rotatable bonds is 3. The molecular formula is C12H11FN4O3. The standard InChI is InChI=1S/C12H11FN4O3/c1-17(12(18)19)10-5-11(16-6-15-10)20-9-3-2-7(14)4-8(9)13/h2-6H,14H2,1H3,(H,18,19). The second-order valence-corrected chi connectivity index (χ2v) is 3.85. The topological polar surface area (TPSA) is 102 Å². The van der Waals surface area contributed by atoms with Gasteiger partial charge < -0.3 is 15.6 Å². The lowest BCUT2D eigenvalue weighted by Gasteiger charge is -2.12. The zero-order valence-corrected chi connectivity index (χ0v) is 10.4. The highest BCUT2D eigenvalue weighted by molar-refractivity contribution is 5.83. The molecule has 0 aliphatic heterocycles. The van der Waals surface area contributed by atoms with Gasteiger partial charge in [0, 0.05) is 24.9 Å². The largest absolute Gasteiger partial charge is 0.465 e. The number of benzene rings is 1. The molecular weight excluding hydrogens is 267 g/mol. The first kappa shape index (κ1) is 13.5. The Hall–Kier alpha value is -2.90. The van der Waals surface area contributed by atoms with Gasteiger partial charge in [0.25, 0.3) is 0 Å². The van der Waals surface area contributed by atoms with Crippen molar-refractivity contribution >= 4 is 17.6 Å². The van der Waals surface area contributed by atoms with E-state index in [4.69, 9.17) is 15.6 Å². The number of carboxylic acid groups (broad SMARTS) is 1. The maximum Gasteiger partial charge on any atom is 0.412 e. The van der Waals surface area contributed by atoms with E-state index in [9.17, 15) is 9.18 Å². The molecule has 0 fully saturated rings. The van der Waals surface area contributed by atoms with E-state index < -0.39 is 11.9 Å². The third-order valence-electron chi connectivity index (χ3n) is 2.43. The van der Waals surface area contributed by atoms with Crippen LogP contribution in [0.3, 0.4) is 0 Å². The zero-order valence-electron chi connectivity index (χ0n) is 10.4. The second-order valence-electron chi connectivity index (χ2n) is 3.85. The molecule has 1 heterocycles. The number of nitrogens with zero attached hydrogens (tertiary/aromatic N) is 3. The molecule has 1 aromatic carbocycles. The van der Waals surface area contributed by atoms with Gasteiger partial charge in [0.15, 0.2) is 11.6 Å². The van der Waals surface area contributed by atoms with Crippen molar-refractivity contribution in [2.75, 3.05) is 17.7 Å². The van der Waals surface area contributed by atoms with Crippen molar-refractivity contribution in [1.82, 2.24) is 9.97 Å². The molecule has 0 saturated carbocycles. The average Bonchev–Trinajstić information content (AvgIpc) is 2.41. The van der Waals surface area contributed by atoms with Crippen LogP contribution in [-0.4, -0.2) is 28.2 Å². The lowest BCUT2D eigenvalue weighted by atomic mass is 10.3. The van der Waals surface area contributed by atoms with Gasteiger partial charge in [0.1, 0.15) is 12.1 Å². The van der Waals surface area contributed by atoms with Crippen molar-refractivity contribution in [3.05, 3.63) is 36.4 Å². The van der Waals surface area contributed by atoms with Crippen molar-refractivity contribution in [3.8, 4) is 11.6 Å². The Morgan fingerprint density at radius 3 is 2.80 bits per heavy atom. The minimum absolute atomic E-state index is 0.0202. The Balaban J connectivity index is 2.26. The minimum atomic E-state index is -1.19. The number of nitrogen functional groups attached to an aromatic ring is 1. The highest BCUT2D eigenvalue weighted by Gasteiger charge is 2.12. The first-order chi connectivity index (χ1) is 9.47. The third kappa shape index (κ3) is 2.91. The molecule has 0 aliphatic rings. The van der Waals surface area contributed by atoms with Crippen LogP contribution in [0.5, 0.6) is 11.6 Å². The molecule has 3 N–H and O–H groups in total. The van der Waals surface area contributed by atoms with E-state index in [0.29, 0.717) is 0 Å². The van der Waals surface area contributed by atoms with Crippen molar-refractivity contribution in [2.24, 2.45) is 0 Å². The molecule has 20 heavy (non-hydrogen) atoms. The van der Waals surface area contributed by atoms with Crippen LogP contribution in [0.2, 0.25) is 0 Å². The van der Waals surface area contributed by atoms with Gasteiger partial charge in [-0.3, -0.25) is 4.90 Å². The van der Waals surface area contributed by atoms with Crippen LogP contribution in [0.4, 0.5) is 20.7 Å². The molecule has 2 rings (SSSR count). The van der Waals surface area contributed by atoms with Gasteiger partial charge in [0.2, 0.25) is 5.88 Å². The van der Waals surface area contributed by atoms with Crippen LogP contribution in [-0.2, 0) is 0 Å². The highest BCUT2D eigenvalue weighted by Crippen LogP contribution is 2.25. The third-order valence-corrected chi connectivity index (χ3v) is 2.43. The first-order valence-corrected chi connectivity index (χ1v) is 5.49. The lowest BCUT2D eigenvalue weighted by Crippen LogP contribution is -2.24. The predicted octanol–water partition coefficient (Wildman–Crippen LogP) is 2.10. The summed E-state index contributed by atoms with van der Waals surface area (Å²) in [7, 11) is 1.32. The van der Waals surface area contributed by atoms with Crippen molar-refractivity contribution in [1.29, 1.82) is 0 Å². The molecule has 7 nitrogen and oxygen atoms in total. The molecule has 0 unspecified atom stereocenters. The van der Waals surface area contributed by atoms with Crippen LogP contribution in [0, 0.1) is 5.82 Å². The number of amides is 1. The summed E-state index contributed by atoms with van der Waals surface area (Å²) in [6, 6.07) is 5.22. The van der Waals surface area contributed by atoms with E-state index in [1.165, 1.54) is 25.2 Å². The number of hydrogen-bond acceptors (Lipinski definition) is 5. The van der Waals surface area contributed by atoms with Crippen molar-refractivity contribution < 1.29 is 19.0 Å². The molecule has 0 bridgehead atoms. The summed E-state index contributed by atoms with van der Waals surface area (Å²) in [6.45, 7) is 0. The molecule has 104 valence electrons. The molecule has 0 spiro atoms. The lowest BCUT2D eigenvalue weighted by molar-refractivity contribution is 0.203. The number of aromatic nitrogens is 2. The monoisotopic (exact) mass is 278 g/mol. The Bertz CT molecular complexity index is 650. The molecule has 0 atom stereocenters. The minimum Gasteiger partial charge on any atom is -0.465 e. The van der Waals surface area contributed by atoms with Crippen LogP contribution < -0.4 is 15.4 Å². The molecule has 0 saturated heterocycles. The zero-order chi connectivity index (χ0) is 14.7. The smallest absolute Gasteiger partial charge is 0.412 e. The van der Waals surface area contributed by atoms with Gasteiger partial charge in [-0.1, -0.05) is 0 Å². The second kappa shape index (κ2) is 5.39. The van der Waals surface area contributed by atoms with E-state index in [-0.39, 0.29) is 23.1 Å². The highest BCUT2D eigenvalue weighted by atomic mass is 19.1. The molecule has 1 amide bonds. The van der Waals surface area contributed by atoms with E-state index in [0.717, 1.165) is 17.3 Å². The average molecular weight is 278 g/mol. The van der Waals surface area contributed by atoms with Gasteiger partial charge in [-0.2, -0.15) is 0 Å². The number of hydrogen-bond donors (Lipinski definition) is 2. The summed E-state index contributed by atoms with van der Waals surface area (Å²) in [5.74, 6) is -0.580. The fourth-order valence-electron chi connectivity index (χ4n) is 1.38. The normalized spacial score (nSPS) is 10.1. The van der Waals surface area contributed by atoms with Crippen LogP contribution in [0.25, 0.3) is 0 Å². The molecule has 2 aromatic rings. The maximum absolute atomic E-state index is 13.6. The summed E-state index contributed by atoms with van der Waals surface area (Å²) >= 11 is 0. The number of carbonyl (C=O) groups is 1. The molecule has 1 aromatic heterocycles. The number of halogens is 1. The number of anilines is 2. The summed E-state index contributed by atoms with van der Waals surface area (Å²) in [5, 5.41) is 8.84. The van der Waals surface area contributed by atoms with Gasteiger partial charge in [-0.25, -0.2) is 19.2 Å². The Kier molecular flexibility index (Phi) is 3.65. The van der Waals surface area contributed by atoms with Crippen molar-refractivity contribution in [3.63, 3.8) is 0 Å². The van der Waals surface area contributed by atoms with Crippen LogP contribution in [0.1, 0.15) is 0 Å².